The van der Waals surface area contributed by atoms with Crippen molar-refractivity contribution in [3.05, 3.63) is 59.9 Å². The van der Waals surface area contributed by atoms with E-state index < -0.39 is 0 Å². The number of hydrogen-bond acceptors (Lipinski definition) is 2. The Morgan fingerprint density at radius 1 is 1.05 bits per heavy atom. The van der Waals surface area contributed by atoms with Gasteiger partial charge in [0.15, 0.2) is 0 Å². The number of carbonyl (C=O) groups excluding carboxylic acids is 1. The zero-order valence-electron chi connectivity index (χ0n) is 12.2. The van der Waals surface area contributed by atoms with Crippen LogP contribution in [0, 0.1) is 5.82 Å². The summed E-state index contributed by atoms with van der Waals surface area (Å²) in [5.74, 6) is -0.589. The van der Waals surface area contributed by atoms with Gasteiger partial charge >= 0.3 is 0 Å². The lowest BCUT2D eigenvalue weighted by Gasteiger charge is -2.11. The molecule has 21 heavy (non-hydrogen) atoms. The van der Waals surface area contributed by atoms with E-state index in [1.54, 1.807) is 18.2 Å². The molecule has 0 saturated heterocycles. The molecule has 3 nitrogen and oxygen atoms in total. The zero-order valence-corrected chi connectivity index (χ0v) is 12.2. The number of benzene rings is 2. The first-order chi connectivity index (χ1) is 10.0. The number of carbonyl (C=O) groups is 1. The van der Waals surface area contributed by atoms with E-state index in [1.165, 1.54) is 6.07 Å². The molecule has 0 saturated carbocycles. The van der Waals surface area contributed by atoms with Crippen LogP contribution in [0.5, 0.6) is 0 Å². The fraction of sp³-hybridized carbons (Fsp3) is 0.235. The van der Waals surface area contributed by atoms with Crippen molar-refractivity contribution < 1.29 is 9.18 Å². The minimum Gasteiger partial charge on any atom is -0.383 e. The van der Waals surface area contributed by atoms with Crippen molar-refractivity contribution in [1.29, 1.82) is 0 Å². The first-order valence-electron chi connectivity index (χ1n) is 6.94. The molecule has 2 N–H and O–H groups in total. The monoisotopic (exact) mass is 286 g/mol. The Balaban J connectivity index is 1.95. The highest BCUT2D eigenvalue weighted by Crippen LogP contribution is 2.15. The maximum Gasteiger partial charge on any atom is 0.228 e. The van der Waals surface area contributed by atoms with Gasteiger partial charge in [-0.2, -0.15) is 0 Å². The summed E-state index contributed by atoms with van der Waals surface area (Å²) in [6.07, 6.45) is 0.0265. The minimum atomic E-state index is -0.357. The highest BCUT2D eigenvalue weighted by atomic mass is 19.1. The number of rotatable bonds is 5. The van der Waals surface area contributed by atoms with Crippen LogP contribution in [0.4, 0.5) is 15.8 Å². The second kappa shape index (κ2) is 6.88. The van der Waals surface area contributed by atoms with Crippen LogP contribution in [0.3, 0.4) is 0 Å². The van der Waals surface area contributed by atoms with Crippen molar-refractivity contribution >= 4 is 17.3 Å². The van der Waals surface area contributed by atoms with Gasteiger partial charge in [0.2, 0.25) is 5.91 Å². The third kappa shape index (κ3) is 4.60. The Morgan fingerprint density at radius 2 is 1.67 bits per heavy atom. The molecular weight excluding hydrogens is 267 g/mol. The van der Waals surface area contributed by atoms with Crippen LogP contribution in [0.1, 0.15) is 19.4 Å². The Bertz CT molecular complexity index is 608. The summed E-state index contributed by atoms with van der Waals surface area (Å²) in [6, 6.07) is 14.1. The van der Waals surface area contributed by atoms with Gasteiger partial charge in [0.05, 0.1) is 6.42 Å². The molecular formula is C17H19FN2O. The van der Waals surface area contributed by atoms with Gasteiger partial charge in [-0.15, -0.1) is 0 Å². The molecule has 0 atom stereocenters. The molecule has 0 aliphatic heterocycles. The highest BCUT2D eigenvalue weighted by molar-refractivity contribution is 5.92. The van der Waals surface area contributed by atoms with E-state index in [4.69, 9.17) is 0 Å². The van der Waals surface area contributed by atoms with Crippen LogP contribution in [0.2, 0.25) is 0 Å². The molecule has 0 aliphatic carbocycles. The maximum atomic E-state index is 13.5. The first kappa shape index (κ1) is 15.0. The normalized spacial score (nSPS) is 10.5. The second-order valence-electron chi connectivity index (χ2n) is 5.19. The van der Waals surface area contributed by atoms with Gasteiger partial charge < -0.3 is 10.6 Å². The van der Waals surface area contributed by atoms with Gasteiger partial charge in [-0.05, 0) is 49.7 Å². The SMILES string of the molecule is CC(C)Nc1ccc(NC(=O)Cc2ccccc2F)cc1. The summed E-state index contributed by atoms with van der Waals surface area (Å²) in [7, 11) is 0. The molecule has 2 aromatic carbocycles. The van der Waals surface area contributed by atoms with Crippen LogP contribution >= 0.6 is 0 Å². The van der Waals surface area contributed by atoms with Crippen molar-refractivity contribution in [2.45, 2.75) is 26.3 Å². The molecule has 1 amide bonds. The molecule has 2 rings (SSSR count). The molecule has 0 bridgehead atoms. The topological polar surface area (TPSA) is 41.1 Å². The van der Waals surface area contributed by atoms with Gasteiger partial charge in [-0.25, -0.2) is 4.39 Å². The summed E-state index contributed by atoms with van der Waals surface area (Å²) in [5, 5.41) is 6.04. The maximum absolute atomic E-state index is 13.5. The van der Waals surface area contributed by atoms with Gasteiger partial charge in [-0.1, -0.05) is 18.2 Å². The lowest BCUT2D eigenvalue weighted by molar-refractivity contribution is -0.115. The quantitative estimate of drug-likeness (QED) is 0.877. The molecule has 0 spiro atoms. The molecule has 0 aliphatic rings. The van der Waals surface area contributed by atoms with Gasteiger partial charge in [0, 0.05) is 17.4 Å². The summed E-state index contributed by atoms with van der Waals surface area (Å²) >= 11 is 0. The Kier molecular flexibility index (Phi) is 4.93. The molecule has 0 aromatic heterocycles. The van der Waals surface area contributed by atoms with Gasteiger partial charge in [0.25, 0.3) is 0 Å². The van der Waals surface area contributed by atoms with Crippen LogP contribution < -0.4 is 10.6 Å². The largest absolute Gasteiger partial charge is 0.383 e. The van der Waals surface area contributed by atoms with Crippen LogP contribution in [-0.4, -0.2) is 11.9 Å². The average molecular weight is 286 g/mol. The number of nitrogens with one attached hydrogen (secondary N) is 2. The van der Waals surface area contributed by atoms with Crippen LogP contribution in [0.15, 0.2) is 48.5 Å². The van der Waals surface area contributed by atoms with Gasteiger partial charge in [0.1, 0.15) is 5.82 Å². The average Bonchev–Trinajstić information content (AvgIpc) is 2.43. The lowest BCUT2D eigenvalue weighted by atomic mass is 10.1. The van der Waals surface area contributed by atoms with Crippen molar-refractivity contribution in [1.82, 2.24) is 0 Å². The van der Waals surface area contributed by atoms with E-state index in [1.807, 2.05) is 24.3 Å². The minimum absolute atomic E-state index is 0.0265. The smallest absolute Gasteiger partial charge is 0.228 e. The molecule has 0 unspecified atom stereocenters. The lowest BCUT2D eigenvalue weighted by Crippen LogP contribution is -2.15. The van der Waals surface area contributed by atoms with Crippen molar-refractivity contribution in [3.8, 4) is 0 Å². The number of anilines is 2. The second-order valence-corrected chi connectivity index (χ2v) is 5.19. The Morgan fingerprint density at radius 3 is 2.29 bits per heavy atom. The standard InChI is InChI=1S/C17H19FN2O/c1-12(2)19-14-7-9-15(10-8-14)20-17(21)11-13-5-3-4-6-16(13)18/h3-10,12,19H,11H2,1-2H3,(H,20,21). The summed E-state index contributed by atoms with van der Waals surface area (Å²) in [6.45, 7) is 4.12. The molecule has 2 aromatic rings. The third-order valence-electron chi connectivity index (χ3n) is 2.93. The summed E-state index contributed by atoms with van der Waals surface area (Å²) in [5.41, 5.74) is 2.09. The van der Waals surface area contributed by atoms with Crippen LogP contribution in [0.25, 0.3) is 0 Å². The Hall–Kier alpha value is -2.36. The van der Waals surface area contributed by atoms with E-state index in [2.05, 4.69) is 24.5 Å². The fourth-order valence-electron chi connectivity index (χ4n) is 2.00. The fourth-order valence-corrected chi connectivity index (χ4v) is 2.00. The highest BCUT2D eigenvalue weighted by Gasteiger charge is 2.08. The molecule has 0 heterocycles. The number of hydrogen-bond donors (Lipinski definition) is 2. The first-order valence-corrected chi connectivity index (χ1v) is 6.94. The summed E-state index contributed by atoms with van der Waals surface area (Å²) < 4.78 is 13.5. The molecule has 4 heteroatoms. The third-order valence-corrected chi connectivity index (χ3v) is 2.93. The molecule has 110 valence electrons. The van der Waals surface area contributed by atoms with E-state index in [9.17, 15) is 9.18 Å². The van der Waals surface area contributed by atoms with E-state index in [0.717, 1.165) is 5.69 Å². The van der Waals surface area contributed by atoms with Crippen molar-refractivity contribution in [3.63, 3.8) is 0 Å². The van der Waals surface area contributed by atoms with E-state index in [0.29, 0.717) is 17.3 Å². The van der Waals surface area contributed by atoms with Crippen molar-refractivity contribution in [2.75, 3.05) is 10.6 Å². The zero-order chi connectivity index (χ0) is 15.2. The number of amides is 1. The predicted molar refractivity (Wildman–Crippen MR) is 83.9 cm³/mol. The van der Waals surface area contributed by atoms with E-state index >= 15 is 0 Å². The molecule has 0 fully saturated rings. The Labute approximate surface area is 124 Å². The predicted octanol–water partition coefficient (Wildman–Crippen LogP) is 3.83. The van der Waals surface area contributed by atoms with Crippen molar-refractivity contribution in [2.24, 2.45) is 0 Å². The van der Waals surface area contributed by atoms with Crippen LogP contribution in [-0.2, 0) is 11.2 Å². The van der Waals surface area contributed by atoms with Gasteiger partial charge in [-0.3, -0.25) is 4.79 Å². The van der Waals surface area contributed by atoms with E-state index in [-0.39, 0.29) is 18.1 Å². The number of halogens is 1. The summed E-state index contributed by atoms with van der Waals surface area (Å²) in [4.78, 5) is 11.9. The molecule has 0 radical (unpaired) electrons.